The van der Waals surface area contributed by atoms with Gasteiger partial charge in [-0.2, -0.15) is 0 Å². The van der Waals surface area contributed by atoms with E-state index in [1.807, 2.05) is 19.1 Å². The number of rotatable bonds is 4. The average molecular weight is 301 g/mol. The van der Waals surface area contributed by atoms with Crippen LogP contribution in [0.4, 0.5) is 0 Å². The smallest absolute Gasteiger partial charge is 0.263 e. The van der Waals surface area contributed by atoms with E-state index in [0.717, 1.165) is 12.3 Å². The first-order valence-corrected chi connectivity index (χ1v) is 8.52. The maximum Gasteiger partial charge on any atom is 0.263 e. The Morgan fingerprint density at radius 1 is 1.23 bits per heavy atom. The van der Waals surface area contributed by atoms with E-state index in [0.29, 0.717) is 5.92 Å². The summed E-state index contributed by atoms with van der Waals surface area (Å²) in [5, 5.41) is 0. The van der Waals surface area contributed by atoms with Crippen molar-refractivity contribution in [1.82, 2.24) is 4.90 Å². The molecule has 1 aliphatic heterocycles. The van der Waals surface area contributed by atoms with Gasteiger partial charge in [-0.3, -0.25) is 4.79 Å². The second-order valence-corrected chi connectivity index (χ2v) is 7.25. The van der Waals surface area contributed by atoms with Crippen LogP contribution in [0.3, 0.4) is 0 Å². The number of hydrogen-bond donors (Lipinski definition) is 0. The fourth-order valence-corrected chi connectivity index (χ4v) is 3.83. The van der Waals surface area contributed by atoms with E-state index in [4.69, 9.17) is 4.74 Å². The molecule has 3 heteroatoms. The number of hydrogen-bond acceptors (Lipinski definition) is 2. The molecule has 1 aliphatic carbocycles. The molecule has 1 heterocycles. The Morgan fingerprint density at radius 3 is 2.41 bits per heavy atom. The molecule has 1 saturated carbocycles. The van der Waals surface area contributed by atoms with Gasteiger partial charge in [-0.1, -0.05) is 19.9 Å². The second kappa shape index (κ2) is 5.60. The minimum atomic E-state index is -0.401. The molecule has 2 fully saturated rings. The summed E-state index contributed by atoms with van der Waals surface area (Å²) in [4.78, 5) is 14.7. The van der Waals surface area contributed by atoms with Crippen molar-refractivity contribution < 1.29 is 9.53 Å². The van der Waals surface area contributed by atoms with Gasteiger partial charge in [-0.15, -0.1) is 0 Å². The first-order valence-electron chi connectivity index (χ1n) is 8.52. The Hall–Kier alpha value is -1.51. The molecule has 1 aromatic rings. The third kappa shape index (κ3) is 2.51. The van der Waals surface area contributed by atoms with Crippen LogP contribution in [0.2, 0.25) is 0 Å². The molecule has 1 atom stereocenters. The zero-order valence-corrected chi connectivity index (χ0v) is 14.2. The van der Waals surface area contributed by atoms with Gasteiger partial charge >= 0.3 is 0 Å². The number of aryl methyl sites for hydroxylation is 1. The number of amides is 1. The number of carbonyl (C=O) groups is 1. The molecule has 1 saturated heterocycles. The van der Waals surface area contributed by atoms with E-state index >= 15 is 0 Å². The fourth-order valence-electron chi connectivity index (χ4n) is 3.83. The van der Waals surface area contributed by atoms with Crippen molar-refractivity contribution >= 4 is 5.91 Å². The molecular weight excluding hydrogens is 274 g/mol. The molecule has 0 N–H and O–H groups in total. The third-order valence-electron chi connectivity index (χ3n) is 5.45. The van der Waals surface area contributed by atoms with Gasteiger partial charge in [0.1, 0.15) is 5.75 Å². The van der Waals surface area contributed by atoms with Crippen molar-refractivity contribution in [2.45, 2.75) is 70.9 Å². The molecule has 120 valence electrons. The molecule has 0 aromatic heterocycles. The summed E-state index contributed by atoms with van der Waals surface area (Å²) in [6, 6.07) is 6.15. The standard InChI is InChI=1S/C19H27NO2/c1-13(2)17-7-6-16(12-14(17)3)22-15(4)18(21)20-11-10-19(20)8-5-9-19/h6-7,12-13,15H,5,8-11H2,1-4H3. The summed E-state index contributed by atoms with van der Waals surface area (Å²) in [5.41, 5.74) is 2.76. The predicted molar refractivity (Wildman–Crippen MR) is 88.3 cm³/mol. The van der Waals surface area contributed by atoms with Crippen molar-refractivity contribution in [1.29, 1.82) is 0 Å². The zero-order chi connectivity index (χ0) is 15.9. The molecule has 1 unspecified atom stereocenters. The maximum atomic E-state index is 12.6. The topological polar surface area (TPSA) is 29.5 Å². The van der Waals surface area contributed by atoms with E-state index in [1.54, 1.807) is 0 Å². The van der Waals surface area contributed by atoms with Crippen LogP contribution >= 0.6 is 0 Å². The van der Waals surface area contributed by atoms with Crippen LogP contribution in [-0.2, 0) is 4.79 Å². The Kier molecular flexibility index (Phi) is 3.92. The average Bonchev–Trinajstić information content (AvgIpc) is 2.35. The molecule has 1 aromatic carbocycles. The zero-order valence-electron chi connectivity index (χ0n) is 14.2. The van der Waals surface area contributed by atoms with Gasteiger partial charge in [0.2, 0.25) is 0 Å². The van der Waals surface area contributed by atoms with E-state index < -0.39 is 6.10 Å². The van der Waals surface area contributed by atoms with Crippen LogP contribution in [0.5, 0.6) is 5.75 Å². The van der Waals surface area contributed by atoms with Gasteiger partial charge in [-0.05, 0) is 68.7 Å². The van der Waals surface area contributed by atoms with Crippen LogP contribution in [0.25, 0.3) is 0 Å². The summed E-state index contributed by atoms with van der Waals surface area (Å²) in [6.07, 6.45) is 4.38. The Morgan fingerprint density at radius 2 is 1.95 bits per heavy atom. The lowest BCUT2D eigenvalue weighted by atomic mass is 9.67. The third-order valence-corrected chi connectivity index (χ3v) is 5.45. The van der Waals surface area contributed by atoms with Gasteiger partial charge < -0.3 is 9.64 Å². The Labute approximate surface area is 133 Å². The van der Waals surface area contributed by atoms with E-state index in [-0.39, 0.29) is 11.4 Å². The molecule has 1 amide bonds. The number of benzene rings is 1. The van der Waals surface area contributed by atoms with E-state index in [1.165, 1.54) is 36.8 Å². The minimum Gasteiger partial charge on any atom is -0.481 e. The first kappa shape index (κ1) is 15.4. The summed E-state index contributed by atoms with van der Waals surface area (Å²) in [6.45, 7) is 9.26. The second-order valence-electron chi connectivity index (χ2n) is 7.25. The highest BCUT2D eigenvalue weighted by molar-refractivity contribution is 5.82. The largest absolute Gasteiger partial charge is 0.481 e. The summed E-state index contributed by atoms with van der Waals surface area (Å²) in [7, 11) is 0. The SMILES string of the molecule is Cc1cc(OC(C)C(=O)N2CCC23CCC3)ccc1C(C)C. The van der Waals surface area contributed by atoms with E-state index in [9.17, 15) is 4.79 Å². The molecule has 3 nitrogen and oxygen atoms in total. The van der Waals surface area contributed by atoms with Gasteiger partial charge in [0.05, 0.1) is 0 Å². The van der Waals surface area contributed by atoms with Crippen LogP contribution in [-0.4, -0.2) is 29.0 Å². The predicted octanol–water partition coefficient (Wildman–Crippen LogP) is 4.04. The van der Waals surface area contributed by atoms with E-state index in [2.05, 4.69) is 31.7 Å². The van der Waals surface area contributed by atoms with Crippen LogP contribution in [0.1, 0.15) is 63.5 Å². The van der Waals surface area contributed by atoms with Crippen molar-refractivity contribution in [3.8, 4) is 5.75 Å². The minimum absolute atomic E-state index is 0.150. The monoisotopic (exact) mass is 301 g/mol. The summed E-state index contributed by atoms with van der Waals surface area (Å²) < 4.78 is 5.92. The number of nitrogens with zero attached hydrogens (tertiary/aromatic N) is 1. The maximum absolute atomic E-state index is 12.6. The van der Waals surface area contributed by atoms with Crippen LogP contribution in [0.15, 0.2) is 18.2 Å². The normalized spacial score (nSPS) is 20.5. The number of ether oxygens (including phenoxy) is 1. The lowest BCUT2D eigenvalue weighted by Gasteiger charge is -2.59. The lowest BCUT2D eigenvalue weighted by Crippen LogP contribution is -2.67. The summed E-state index contributed by atoms with van der Waals surface area (Å²) in [5.74, 6) is 1.45. The van der Waals surface area contributed by atoms with Gasteiger partial charge in [-0.25, -0.2) is 0 Å². The van der Waals surface area contributed by atoms with Crippen LogP contribution < -0.4 is 4.74 Å². The molecule has 0 bridgehead atoms. The van der Waals surface area contributed by atoms with Gasteiger partial charge in [0.25, 0.3) is 5.91 Å². The molecule has 0 radical (unpaired) electrons. The highest BCUT2D eigenvalue weighted by atomic mass is 16.5. The highest BCUT2D eigenvalue weighted by Gasteiger charge is 2.52. The van der Waals surface area contributed by atoms with Gasteiger partial charge in [0, 0.05) is 12.1 Å². The molecular formula is C19H27NO2. The molecule has 2 aliphatic rings. The Bertz CT molecular complexity index is 569. The molecule has 22 heavy (non-hydrogen) atoms. The number of carbonyl (C=O) groups excluding carboxylic acids is 1. The van der Waals surface area contributed by atoms with Crippen molar-refractivity contribution in [2.75, 3.05) is 6.54 Å². The molecule has 1 spiro atoms. The summed E-state index contributed by atoms with van der Waals surface area (Å²) >= 11 is 0. The van der Waals surface area contributed by atoms with Gasteiger partial charge in [0.15, 0.2) is 6.10 Å². The Balaban J connectivity index is 1.65. The fraction of sp³-hybridized carbons (Fsp3) is 0.632. The van der Waals surface area contributed by atoms with Crippen molar-refractivity contribution in [3.63, 3.8) is 0 Å². The van der Waals surface area contributed by atoms with Crippen molar-refractivity contribution in [3.05, 3.63) is 29.3 Å². The van der Waals surface area contributed by atoms with Crippen molar-refractivity contribution in [2.24, 2.45) is 0 Å². The first-order chi connectivity index (χ1) is 10.4. The number of likely N-dealkylation sites (tertiary alicyclic amines) is 1. The molecule has 3 rings (SSSR count). The quantitative estimate of drug-likeness (QED) is 0.840. The lowest BCUT2D eigenvalue weighted by molar-refractivity contribution is -0.162. The highest BCUT2D eigenvalue weighted by Crippen LogP contribution is 2.47. The van der Waals surface area contributed by atoms with Crippen LogP contribution in [0, 0.1) is 6.92 Å².